The monoisotopic (exact) mass is 260 g/mol. The standard InChI is InChI=1S/C14H16N2O3/c1-9-4-6-10(7-5-9)11-8-19-13(15-11)16-14(2,3)12(17)18/h4-8H,1-3H3,(H,15,16)(H,17,18). The molecule has 19 heavy (non-hydrogen) atoms. The predicted molar refractivity (Wildman–Crippen MR) is 72.0 cm³/mol. The van der Waals surface area contributed by atoms with Crippen molar-refractivity contribution in [3.05, 3.63) is 36.1 Å². The molecule has 0 fully saturated rings. The van der Waals surface area contributed by atoms with Crippen molar-refractivity contribution in [2.45, 2.75) is 26.3 Å². The summed E-state index contributed by atoms with van der Waals surface area (Å²) in [5.41, 5.74) is 1.63. The minimum Gasteiger partial charge on any atom is -0.480 e. The lowest BCUT2D eigenvalue weighted by molar-refractivity contribution is -0.141. The van der Waals surface area contributed by atoms with E-state index in [0.29, 0.717) is 5.69 Å². The second kappa shape index (κ2) is 4.76. The Morgan fingerprint density at radius 2 is 1.95 bits per heavy atom. The van der Waals surface area contributed by atoms with Crippen LogP contribution in [0.3, 0.4) is 0 Å². The number of nitrogens with one attached hydrogen (secondary N) is 1. The van der Waals surface area contributed by atoms with Crippen LogP contribution >= 0.6 is 0 Å². The summed E-state index contributed by atoms with van der Waals surface area (Å²) >= 11 is 0. The molecule has 1 heterocycles. The number of carbonyl (C=O) groups is 1. The summed E-state index contributed by atoms with van der Waals surface area (Å²) in [6, 6.07) is 8.05. The van der Waals surface area contributed by atoms with E-state index in [1.807, 2.05) is 31.2 Å². The molecule has 0 radical (unpaired) electrons. The molecule has 0 bridgehead atoms. The van der Waals surface area contributed by atoms with Gasteiger partial charge in [0.15, 0.2) is 0 Å². The third-order valence-electron chi connectivity index (χ3n) is 2.81. The SMILES string of the molecule is Cc1ccc(-c2coc(NC(C)(C)C(=O)O)n2)cc1. The Bertz CT molecular complexity index is 585. The number of carboxylic acids is 1. The van der Waals surface area contributed by atoms with Gasteiger partial charge in [-0.3, -0.25) is 0 Å². The molecule has 5 heteroatoms. The average molecular weight is 260 g/mol. The van der Waals surface area contributed by atoms with Crippen LogP contribution < -0.4 is 5.32 Å². The number of carboxylic acid groups (broad SMARTS) is 1. The molecule has 0 aliphatic heterocycles. The lowest BCUT2D eigenvalue weighted by atomic mass is 10.1. The van der Waals surface area contributed by atoms with Gasteiger partial charge >= 0.3 is 5.97 Å². The van der Waals surface area contributed by atoms with Gasteiger partial charge in [-0.1, -0.05) is 29.8 Å². The molecular weight excluding hydrogens is 244 g/mol. The summed E-state index contributed by atoms with van der Waals surface area (Å²) in [6.07, 6.45) is 1.50. The van der Waals surface area contributed by atoms with Crippen molar-refractivity contribution in [1.82, 2.24) is 4.98 Å². The van der Waals surface area contributed by atoms with E-state index in [4.69, 9.17) is 9.52 Å². The molecule has 2 N–H and O–H groups in total. The maximum atomic E-state index is 11.0. The van der Waals surface area contributed by atoms with Crippen LogP contribution in [0.15, 0.2) is 34.9 Å². The van der Waals surface area contributed by atoms with Crippen molar-refractivity contribution in [2.24, 2.45) is 0 Å². The Morgan fingerprint density at radius 3 is 2.53 bits per heavy atom. The minimum absolute atomic E-state index is 0.197. The summed E-state index contributed by atoms with van der Waals surface area (Å²) in [6.45, 7) is 5.10. The first-order chi connectivity index (χ1) is 8.88. The Balaban J connectivity index is 2.20. The summed E-state index contributed by atoms with van der Waals surface area (Å²) in [5, 5.41) is 11.8. The predicted octanol–water partition coefficient (Wildman–Crippen LogP) is 2.93. The highest BCUT2D eigenvalue weighted by molar-refractivity contribution is 5.80. The molecule has 2 aromatic rings. The highest BCUT2D eigenvalue weighted by Crippen LogP contribution is 2.22. The second-order valence-electron chi connectivity index (χ2n) is 4.96. The molecule has 0 aliphatic rings. The van der Waals surface area contributed by atoms with E-state index in [2.05, 4.69) is 10.3 Å². The number of benzene rings is 1. The second-order valence-corrected chi connectivity index (χ2v) is 4.96. The Kier molecular flexibility index (Phi) is 3.29. The number of anilines is 1. The zero-order valence-electron chi connectivity index (χ0n) is 11.1. The van der Waals surface area contributed by atoms with Gasteiger partial charge in [0.25, 0.3) is 6.01 Å². The van der Waals surface area contributed by atoms with E-state index in [0.717, 1.165) is 11.1 Å². The van der Waals surface area contributed by atoms with Crippen LogP contribution in [0.2, 0.25) is 0 Å². The average Bonchev–Trinajstić information content (AvgIpc) is 2.77. The van der Waals surface area contributed by atoms with Crippen LogP contribution in [0.4, 0.5) is 6.01 Å². The number of hydrogen-bond donors (Lipinski definition) is 2. The van der Waals surface area contributed by atoms with Crippen molar-refractivity contribution in [2.75, 3.05) is 5.32 Å². The molecular formula is C14H16N2O3. The summed E-state index contributed by atoms with van der Waals surface area (Å²) in [7, 11) is 0. The van der Waals surface area contributed by atoms with Gasteiger partial charge in [0, 0.05) is 5.56 Å². The van der Waals surface area contributed by atoms with Crippen molar-refractivity contribution >= 4 is 12.0 Å². The van der Waals surface area contributed by atoms with E-state index < -0.39 is 11.5 Å². The third kappa shape index (κ3) is 2.93. The van der Waals surface area contributed by atoms with E-state index in [1.165, 1.54) is 6.26 Å². The maximum absolute atomic E-state index is 11.0. The van der Waals surface area contributed by atoms with Gasteiger partial charge in [0.2, 0.25) is 0 Å². The zero-order chi connectivity index (χ0) is 14.0. The Labute approximate surface area is 111 Å². The molecule has 1 aromatic heterocycles. The van der Waals surface area contributed by atoms with E-state index in [9.17, 15) is 4.79 Å². The summed E-state index contributed by atoms with van der Waals surface area (Å²) in [4.78, 5) is 15.2. The molecule has 0 amide bonds. The first-order valence-electron chi connectivity index (χ1n) is 5.92. The van der Waals surface area contributed by atoms with Crippen LogP contribution in [-0.4, -0.2) is 21.6 Å². The Morgan fingerprint density at radius 1 is 1.32 bits per heavy atom. The number of rotatable bonds is 4. The van der Waals surface area contributed by atoms with Gasteiger partial charge in [-0.25, -0.2) is 4.79 Å². The topological polar surface area (TPSA) is 75.4 Å². The molecule has 0 unspecified atom stereocenters. The Hall–Kier alpha value is -2.30. The van der Waals surface area contributed by atoms with Crippen molar-refractivity contribution in [3.63, 3.8) is 0 Å². The molecule has 0 spiro atoms. The van der Waals surface area contributed by atoms with E-state index in [-0.39, 0.29) is 6.01 Å². The van der Waals surface area contributed by atoms with Gasteiger partial charge in [0.05, 0.1) is 0 Å². The van der Waals surface area contributed by atoms with Crippen LogP contribution in [0.1, 0.15) is 19.4 Å². The van der Waals surface area contributed by atoms with Crippen molar-refractivity contribution < 1.29 is 14.3 Å². The van der Waals surface area contributed by atoms with Crippen molar-refractivity contribution in [1.29, 1.82) is 0 Å². The number of hydrogen-bond acceptors (Lipinski definition) is 4. The number of aromatic nitrogens is 1. The highest BCUT2D eigenvalue weighted by atomic mass is 16.4. The smallest absolute Gasteiger partial charge is 0.328 e. The first-order valence-corrected chi connectivity index (χ1v) is 5.92. The molecule has 5 nitrogen and oxygen atoms in total. The van der Waals surface area contributed by atoms with Gasteiger partial charge in [-0.05, 0) is 20.8 Å². The fourth-order valence-corrected chi connectivity index (χ4v) is 1.51. The first kappa shape index (κ1) is 13.1. The van der Waals surface area contributed by atoms with Gasteiger partial charge in [-0.15, -0.1) is 0 Å². The molecule has 1 aromatic carbocycles. The van der Waals surface area contributed by atoms with Gasteiger partial charge in [-0.2, -0.15) is 4.98 Å². The number of nitrogens with zero attached hydrogens (tertiary/aromatic N) is 1. The normalized spacial score (nSPS) is 11.3. The largest absolute Gasteiger partial charge is 0.480 e. The lowest BCUT2D eigenvalue weighted by Gasteiger charge is -2.19. The van der Waals surface area contributed by atoms with E-state index >= 15 is 0 Å². The molecule has 0 aliphatic carbocycles. The van der Waals surface area contributed by atoms with Gasteiger partial charge < -0.3 is 14.8 Å². The molecule has 2 rings (SSSR count). The van der Waals surface area contributed by atoms with Crippen LogP contribution in [0, 0.1) is 6.92 Å². The van der Waals surface area contributed by atoms with Gasteiger partial charge in [0.1, 0.15) is 17.5 Å². The van der Waals surface area contributed by atoms with Crippen LogP contribution in [0.5, 0.6) is 0 Å². The minimum atomic E-state index is -1.13. The molecule has 100 valence electrons. The fourth-order valence-electron chi connectivity index (χ4n) is 1.51. The third-order valence-corrected chi connectivity index (χ3v) is 2.81. The number of aryl methyl sites for hydroxylation is 1. The summed E-state index contributed by atoms with van der Waals surface area (Å²) < 4.78 is 5.25. The fraction of sp³-hybridized carbons (Fsp3) is 0.286. The highest BCUT2D eigenvalue weighted by Gasteiger charge is 2.28. The quantitative estimate of drug-likeness (QED) is 0.884. The molecule has 0 saturated heterocycles. The number of oxazole rings is 1. The lowest BCUT2D eigenvalue weighted by Crippen LogP contribution is -2.40. The maximum Gasteiger partial charge on any atom is 0.328 e. The van der Waals surface area contributed by atoms with Crippen LogP contribution in [0.25, 0.3) is 11.3 Å². The van der Waals surface area contributed by atoms with E-state index in [1.54, 1.807) is 13.8 Å². The summed E-state index contributed by atoms with van der Waals surface area (Å²) in [5.74, 6) is -0.970. The van der Waals surface area contributed by atoms with Crippen molar-refractivity contribution in [3.8, 4) is 11.3 Å². The molecule has 0 saturated carbocycles. The molecule has 0 atom stereocenters. The van der Waals surface area contributed by atoms with Crippen LogP contribution in [-0.2, 0) is 4.79 Å². The number of aliphatic carboxylic acids is 1. The zero-order valence-corrected chi connectivity index (χ0v) is 11.1.